The molecule has 4 rings (SSSR count). The number of hydrogen-bond donors (Lipinski definition) is 1. The van der Waals surface area contributed by atoms with Crippen LogP contribution in [-0.4, -0.2) is 49.2 Å². The third kappa shape index (κ3) is 3.99. The number of carbonyl (C=O) groups is 2. The van der Waals surface area contributed by atoms with Crippen molar-refractivity contribution in [2.24, 2.45) is 0 Å². The predicted molar refractivity (Wildman–Crippen MR) is 120 cm³/mol. The maximum absolute atomic E-state index is 13.3. The number of benzene rings is 1. The molecule has 3 aromatic rings. The van der Waals surface area contributed by atoms with Gasteiger partial charge in [-0.05, 0) is 51.1 Å². The summed E-state index contributed by atoms with van der Waals surface area (Å²) in [5.41, 5.74) is 2.95. The molecule has 1 N–H and O–H groups in total. The average molecular weight is 435 g/mol. The van der Waals surface area contributed by atoms with Crippen LogP contribution in [0, 0.1) is 18.3 Å². The molecule has 1 atom stereocenters. The maximum Gasteiger partial charge on any atom is 0.257 e. The number of aryl methyl sites for hydroxylation is 1. The number of aromatic nitrogens is 3. The standard InChI is InChI=1S/C22H22N6O2S/c1-13(2)28-20-16(10-24-28)8-18(14(3)25-20)22(30)27-12-31-11-19(27)21(29)26-17-6-4-15(9-23)5-7-17/h4-8,10,13,19H,11-12H2,1-3H3,(H,26,29). The Morgan fingerprint density at radius 2 is 2.03 bits per heavy atom. The Labute approximate surface area is 184 Å². The highest BCUT2D eigenvalue weighted by molar-refractivity contribution is 7.99. The smallest absolute Gasteiger partial charge is 0.257 e. The number of hydrogen-bond acceptors (Lipinski definition) is 6. The zero-order chi connectivity index (χ0) is 22.1. The second kappa shape index (κ2) is 8.40. The molecule has 2 aromatic heterocycles. The van der Waals surface area contributed by atoms with E-state index in [4.69, 9.17) is 5.26 Å². The largest absolute Gasteiger partial charge is 0.324 e. The second-order valence-corrected chi connectivity index (χ2v) is 8.69. The van der Waals surface area contributed by atoms with Crippen molar-refractivity contribution in [3.8, 4) is 6.07 Å². The summed E-state index contributed by atoms with van der Waals surface area (Å²) >= 11 is 1.54. The van der Waals surface area contributed by atoms with Crippen LogP contribution in [0.3, 0.4) is 0 Å². The van der Waals surface area contributed by atoms with Crippen LogP contribution in [0.5, 0.6) is 0 Å². The lowest BCUT2D eigenvalue weighted by Crippen LogP contribution is -2.44. The van der Waals surface area contributed by atoms with E-state index >= 15 is 0 Å². The molecule has 1 aromatic carbocycles. The molecule has 158 valence electrons. The fourth-order valence-corrected chi connectivity index (χ4v) is 4.68. The van der Waals surface area contributed by atoms with Crippen LogP contribution in [0.1, 0.15) is 41.5 Å². The fourth-order valence-electron chi connectivity index (χ4n) is 3.53. The normalized spacial score (nSPS) is 16.0. The number of amides is 2. The van der Waals surface area contributed by atoms with Crippen molar-refractivity contribution in [1.82, 2.24) is 19.7 Å². The SMILES string of the molecule is Cc1nc2c(cnn2C(C)C)cc1C(=O)N1CSCC1C(=O)Nc1ccc(C#N)cc1. The third-order valence-corrected chi connectivity index (χ3v) is 6.22. The summed E-state index contributed by atoms with van der Waals surface area (Å²) in [6.45, 7) is 5.86. The molecule has 1 fully saturated rings. The number of nitriles is 1. The first kappa shape index (κ1) is 20.9. The van der Waals surface area contributed by atoms with E-state index in [1.54, 1.807) is 54.0 Å². The molecule has 1 aliphatic rings. The highest BCUT2D eigenvalue weighted by Gasteiger charge is 2.36. The summed E-state index contributed by atoms with van der Waals surface area (Å²) in [4.78, 5) is 32.4. The van der Waals surface area contributed by atoms with Gasteiger partial charge >= 0.3 is 0 Å². The highest BCUT2D eigenvalue weighted by atomic mass is 32.2. The Morgan fingerprint density at radius 1 is 1.29 bits per heavy atom. The van der Waals surface area contributed by atoms with Crippen molar-refractivity contribution in [2.75, 3.05) is 16.9 Å². The fraction of sp³-hybridized carbons (Fsp3) is 0.318. The maximum atomic E-state index is 13.3. The summed E-state index contributed by atoms with van der Waals surface area (Å²) < 4.78 is 1.83. The van der Waals surface area contributed by atoms with Gasteiger partial charge < -0.3 is 10.2 Å². The molecule has 2 amide bonds. The topological polar surface area (TPSA) is 104 Å². The van der Waals surface area contributed by atoms with Gasteiger partial charge in [0.05, 0.1) is 35.0 Å². The Bertz CT molecular complexity index is 1200. The molecule has 0 aliphatic carbocycles. The van der Waals surface area contributed by atoms with E-state index in [2.05, 4.69) is 15.4 Å². The predicted octanol–water partition coefficient (Wildman–Crippen LogP) is 3.35. The Hall–Kier alpha value is -3.38. The van der Waals surface area contributed by atoms with Crippen molar-refractivity contribution >= 4 is 40.3 Å². The zero-order valence-electron chi connectivity index (χ0n) is 17.5. The Morgan fingerprint density at radius 3 is 2.71 bits per heavy atom. The number of nitrogens with one attached hydrogen (secondary N) is 1. The van der Waals surface area contributed by atoms with Gasteiger partial charge in [-0.1, -0.05) is 0 Å². The van der Waals surface area contributed by atoms with Crippen LogP contribution >= 0.6 is 11.8 Å². The van der Waals surface area contributed by atoms with Gasteiger partial charge in [0.15, 0.2) is 5.65 Å². The summed E-state index contributed by atoms with van der Waals surface area (Å²) in [5, 5.41) is 16.9. The molecular formula is C22H22N6O2S. The lowest BCUT2D eigenvalue weighted by molar-refractivity contribution is -0.119. The monoisotopic (exact) mass is 434 g/mol. The highest BCUT2D eigenvalue weighted by Crippen LogP contribution is 2.27. The number of rotatable bonds is 4. The Balaban J connectivity index is 1.56. The molecule has 9 heteroatoms. The Kier molecular flexibility index (Phi) is 5.65. The number of thioether (sulfide) groups is 1. The molecule has 31 heavy (non-hydrogen) atoms. The van der Waals surface area contributed by atoms with E-state index in [1.807, 2.05) is 30.7 Å². The number of pyridine rings is 1. The summed E-state index contributed by atoms with van der Waals surface area (Å²) in [5.74, 6) is 0.498. The first-order chi connectivity index (χ1) is 14.9. The van der Waals surface area contributed by atoms with E-state index < -0.39 is 6.04 Å². The van der Waals surface area contributed by atoms with E-state index in [0.717, 1.165) is 11.0 Å². The molecular weight excluding hydrogens is 412 g/mol. The molecule has 3 heterocycles. The third-order valence-electron chi connectivity index (χ3n) is 5.21. The van der Waals surface area contributed by atoms with Crippen molar-refractivity contribution in [3.63, 3.8) is 0 Å². The number of carbonyl (C=O) groups excluding carboxylic acids is 2. The van der Waals surface area contributed by atoms with E-state index in [0.29, 0.717) is 34.1 Å². The molecule has 0 bridgehead atoms. The van der Waals surface area contributed by atoms with Gasteiger partial charge in [0.25, 0.3) is 5.91 Å². The summed E-state index contributed by atoms with van der Waals surface area (Å²) in [6.07, 6.45) is 1.71. The van der Waals surface area contributed by atoms with E-state index in [9.17, 15) is 9.59 Å². The van der Waals surface area contributed by atoms with Gasteiger partial charge in [0.1, 0.15) is 6.04 Å². The summed E-state index contributed by atoms with van der Waals surface area (Å²) in [6, 6.07) is 10.1. The van der Waals surface area contributed by atoms with Gasteiger partial charge in [-0.25, -0.2) is 9.67 Å². The molecule has 0 spiro atoms. The van der Waals surface area contributed by atoms with Crippen molar-refractivity contribution < 1.29 is 9.59 Å². The van der Waals surface area contributed by atoms with E-state index in [1.165, 1.54) is 0 Å². The first-order valence-electron chi connectivity index (χ1n) is 9.93. The second-order valence-electron chi connectivity index (χ2n) is 7.69. The van der Waals surface area contributed by atoms with Gasteiger partial charge in [-0.2, -0.15) is 10.4 Å². The van der Waals surface area contributed by atoms with Crippen LogP contribution in [-0.2, 0) is 4.79 Å². The molecule has 0 saturated carbocycles. The number of fused-ring (bicyclic) bond motifs is 1. The lowest BCUT2D eigenvalue weighted by atomic mass is 10.1. The summed E-state index contributed by atoms with van der Waals surface area (Å²) in [7, 11) is 0. The molecule has 1 unspecified atom stereocenters. The van der Waals surface area contributed by atoms with Gasteiger partial charge in [-0.15, -0.1) is 11.8 Å². The zero-order valence-corrected chi connectivity index (χ0v) is 18.3. The minimum atomic E-state index is -0.582. The van der Waals surface area contributed by atoms with Crippen LogP contribution in [0.25, 0.3) is 11.0 Å². The van der Waals surface area contributed by atoms with Crippen LogP contribution in [0.15, 0.2) is 36.5 Å². The van der Waals surface area contributed by atoms with Crippen molar-refractivity contribution in [1.29, 1.82) is 5.26 Å². The van der Waals surface area contributed by atoms with Crippen molar-refractivity contribution in [2.45, 2.75) is 32.9 Å². The van der Waals surface area contributed by atoms with Gasteiger partial charge in [0, 0.05) is 22.9 Å². The molecule has 0 radical (unpaired) electrons. The molecule has 8 nitrogen and oxygen atoms in total. The molecule has 1 saturated heterocycles. The average Bonchev–Trinajstić information content (AvgIpc) is 3.40. The van der Waals surface area contributed by atoms with Crippen LogP contribution in [0.2, 0.25) is 0 Å². The molecule has 1 aliphatic heterocycles. The number of anilines is 1. The first-order valence-corrected chi connectivity index (χ1v) is 11.1. The van der Waals surface area contributed by atoms with Crippen molar-refractivity contribution in [3.05, 3.63) is 53.3 Å². The lowest BCUT2D eigenvalue weighted by Gasteiger charge is -2.23. The van der Waals surface area contributed by atoms with E-state index in [-0.39, 0.29) is 17.9 Å². The van der Waals surface area contributed by atoms with Crippen LogP contribution in [0.4, 0.5) is 5.69 Å². The minimum Gasteiger partial charge on any atom is -0.324 e. The van der Waals surface area contributed by atoms with Gasteiger partial charge in [0.2, 0.25) is 5.91 Å². The number of nitrogens with zero attached hydrogens (tertiary/aromatic N) is 5. The van der Waals surface area contributed by atoms with Crippen LogP contribution < -0.4 is 5.32 Å². The van der Waals surface area contributed by atoms with Gasteiger partial charge in [-0.3, -0.25) is 9.59 Å². The quantitative estimate of drug-likeness (QED) is 0.675. The minimum absolute atomic E-state index is 0.163.